The first-order valence-corrected chi connectivity index (χ1v) is 14.7. The van der Waals surface area contributed by atoms with Crippen LogP contribution in [0.1, 0.15) is 52.7 Å². The van der Waals surface area contributed by atoms with Crippen molar-refractivity contribution in [3.05, 3.63) is 71.8 Å². The van der Waals surface area contributed by atoms with Crippen molar-refractivity contribution in [3.63, 3.8) is 0 Å². The minimum atomic E-state index is -2.20. The van der Waals surface area contributed by atoms with E-state index in [1.165, 1.54) is 0 Å². The molecular formula is C28H41NO6Si. The van der Waals surface area contributed by atoms with Crippen LogP contribution in [-0.4, -0.2) is 39.8 Å². The van der Waals surface area contributed by atoms with Gasteiger partial charge in [0.05, 0.1) is 13.2 Å². The smallest absolute Gasteiger partial charge is 0.408 e. The zero-order valence-electron chi connectivity index (χ0n) is 22.4. The summed E-state index contributed by atoms with van der Waals surface area (Å²) in [5.74, 6) is -0.626. The molecular weight excluding hydrogens is 474 g/mol. The van der Waals surface area contributed by atoms with Crippen molar-refractivity contribution in [1.82, 2.24) is 5.32 Å². The van der Waals surface area contributed by atoms with Crippen LogP contribution < -0.4 is 5.32 Å². The summed E-state index contributed by atoms with van der Waals surface area (Å²) < 4.78 is 22.8. The fourth-order valence-electron chi connectivity index (χ4n) is 4.73. The van der Waals surface area contributed by atoms with Crippen molar-refractivity contribution in [3.8, 4) is 0 Å². The van der Waals surface area contributed by atoms with E-state index in [1.54, 1.807) is 0 Å². The molecule has 2 aromatic rings. The van der Waals surface area contributed by atoms with Crippen LogP contribution in [0.25, 0.3) is 0 Å². The average molecular weight is 516 g/mol. The summed E-state index contributed by atoms with van der Waals surface area (Å²) in [5.41, 5.74) is 2.87. The SMILES string of the molecule is CC(C)[Si](OCOC(=O)[C@H](COCc1ccccc1)NC(=O)OCc1ccccc1)(C(C)C)C(C)C. The van der Waals surface area contributed by atoms with Crippen molar-refractivity contribution in [2.75, 3.05) is 13.4 Å². The molecule has 8 heteroatoms. The van der Waals surface area contributed by atoms with Gasteiger partial charge in [-0.2, -0.15) is 0 Å². The molecule has 0 saturated carbocycles. The van der Waals surface area contributed by atoms with Gasteiger partial charge in [0.1, 0.15) is 6.61 Å². The monoisotopic (exact) mass is 515 g/mol. The number of carbonyl (C=O) groups is 2. The Morgan fingerprint density at radius 3 is 1.75 bits per heavy atom. The summed E-state index contributed by atoms with van der Waals surface area (Å²) in [7, 11) is -2.20. The van der Waals surface area contributed by atoms with Gasteiger partial charge in [0.25, 0.3) is 0 Å². The van der Waals surface area contributed by atoms with Crippen LogP contribution in [0.4, 0.5) is 4.79 Å². The zero-order valence-corrected chi connectivity index (χ0v) is 23.4. The van der Waals surface area contributed by atoms with Gasteiger partial charge in [-0.05, 0) is 27.8 Å². The van der Waals surface area contributed by atoms with E-state index in [2.05, 4.69) is 46.9 Å². The Kier molecular flexibility index (Phi) is 12.1. The summed E-state index contributed by atoms with van der Waals surface area (Å²) >= 11 is 0. The van der Waals surface area contributed by atoms with Crippen LogP contribution in [0.15, 0.2) is 60.7 Å². The number of rotatable bonds is 14. The van der Waals surface area contributed by atoms with Crippen LogP contribution in [0.5, 0.6) is 0 Å². The first kappa shape index (κ1) is 29.5. The fourth-order valence-corrected chi connectivity index (χ4v) is 10.00. The molecule has 0 unspecified atom stereocenters. The Labute approximate surface area is 216 Å². The molecule has 0 aliphatic heterocycles. The van der Waals surface area contributed by atoms with Gasteiger partial charge >= 0.3 is 12.1 Å². The van der Waals surface area contributed by atoms with Crippen LogP contribution in [0.2, 0.25) is 16.6 Å². The lowest BCUT2D eigenvalue weighted by Crippen LogP contribution is -2.49. The van der Waals surface area contributed by atoms with E-state index in [-0.39, 0.29) is 20.0 Å². The van der Waals surface area contributed by atoms with Gasteiger partial charge in [0.15, 0.2) is 12.8 Å². The number of ether oxygens (including phenoxy) is 3. The predicted molar refractivity (Wildman–Crippen MR) is 143 cm³/mol. The highest BCUT2D eigenvalue weighted by Crippen LogP contribution is 2.42. The van der Waals surface area contributed by atoms with Crippen molar-refractivity contribution < 1.29 is 28.2 Å². The number of carbonyl (C=O) groups excluding carboxylic acids is 2. The van der Waals surface area contributed by atoms with Gasteiger partial charge in [-0.1, -0.05) is 102 Å². The minimum absolute atomic E-state index is 0.0602. The molecule has 1 amide bonds. The van der Waals surface area contributed by atoms with E-state index in [9.17, 15) is 9.59 Å². The molecule has 36 heavy (non-hydrogen) atoms. The number of amides is 1. The summed E-state index contributed by atoms with van der Waals surface area (Å²) in [6, 6.07) is 17.9. The van der Waals surface area contributed by atoms with Crippen molar-refractivity contribution in [2.24, 2.45) is 0 Å². The van der Waals surface area contributed by atoms with Crippen LogP contribution in [-0.2, 0) is 36.6 Å². The van der Waals surface area contributed by atoms with E-state index in [0.29, 0.717) is 23.2 Å². The highest BCUT2D eigenvalue weighted by atomic mass is 28.4. The number of alkyl carbamates (subject to hydrolysis) is 1. The number of benzene rings is 2. The third-order valence-corrected chi connectivity index (χ3v) is 12.4. The Bertz CT molecular complexity index is 898. The predicted octanol–water partition coefficient (Wildman–Crippen LogP) is 6.19. The lowest BCUT2D eigenvalue weighted by atomic mass is 10.2. The molecule has 0 saturated heterocycles. The molecule has 198 valence electrons. The molecule has 0 aliphatic carbocycles. The lowest BCUT2D eigenvalue weighted by Gasteiger charge is -2.41. The summed E-state index contributed by atoms with van der Waals surface area (Å²) in [6.07, 6.45) is -0.722. The lowest BCUT2D eigenvalue weighted by molar-refractivity contribution is -0.155. The Morgan fingerprint density at radius 2 is 1.25 bits per heavy atom. The largest absolute Gasteiger partial charge is 0.445 e. The first-order chi connectivity index (χ1) is 17.2. The molecule has 0 fully saturated rings. The molecule has 2 aromatic carbocycles. The van der Waals surface area contributed by atoms with E-state index < -0.39 is 26.4 Å². The van der Waals surface area contributed by atoms with Crippen molar-refractivity contribution in [2.45, 2.75) is 77.4 Å². The van der Waals surface area contributed by atoms with E-state index in [4.69, 9.17) is 18.6 Å². The third kappa shape index (κ3) is 8.76. The Morgan fingerprint density at radius 1 is 0.750 bits per heavy atom. The van der Waals surface area contributed by atoms with Crippen LogP contribution >= 0.6 is 0 Å². The highest BCUT2D eigenvalue weighted by molar-refractivity contribution is 6.77. The number of esters is 1. The minimum Gasteiger partial charge on any atom is -0.445 e. The molecule has 0 heterocycles. The molecule has 0 aromatic heterocycles. The standard InChI is InChI=1S/C28H41NO6Si/c1-21(2)36(22(3)4,23(5)6)35-20-34-27(30)26(19-32-17-24-13-9-7-10-14-24)29-28(31)33-18-25-15-11-8-12-16-25/h7-16,21-23,26H,17-20H2,1-6H3,(H,29,31)/t26-/m0/s1. The van der Waals surface area contributed by atoms with E-state index >= 15 is 0 Å². The summed E-state index contributed by atoms with van der Waals surface area (Å²) in [5, 5.41) is 2.58. The second-order valence-corrected chi connectivity index (χ2v) is 15.3. The Balaban J connectivity index is 1.99. The maximum atomic E-state index is 13.0. The normalized spacial score (nSPS) is 12.6. The number of hydrogen-bond acceptors (Lipinski definition) is 6. The quantitative estimate of drug-likeness (QED) is 0.183. The number of hydrogen-bond donors (Lipinski definition) is 1. The zero-order chi connectivity index (χ0) is 26.6. The van der Waals surface area contributed by atoms with Gasteiger partial charge < -0.3 is 24.0 Å². The van der Waals surface area contributed by atoms with E-state index in [1.807, 2.05) is 60.7 Å². The topological polar surface area (TPSA) is 83.1 Å². The maximum Gasteiger partial charge on any atom is 0.408 e. The molecule has 0 bridgehead atoms. The third-order valence-electron chi connectivity index (χ3n) is 6.40. The van der Waals surface area contributed by atoms with Crippen molar-refractivity contribution in [1.29, 1.82) is 0 Å². The summed E-state index contributed by atoms with van der Waals surface area (Å²) in [6.45, 7) is 13.2. The van der Waals surface area contributed by atoms with Crippen LogP contribution in [0, 0.1) is 0 Å². The fraction of sp³-hybridized carbons (Fsp3) is 0.500. The molecule has 1 N–H and O–H groups in total. The van der Waals surface area contributed by atoms with E-state index in [0.717, 1.165) is 11.1 Å². The molecule has 2 rings (SSSR count). The first-order valence-electron chi connectivity index (χ1n) is 12.6. The molecule has 1 atom stereocenters. The van der Waals surface area contributed by atoms with Gasteiger partial charge in [0.2, 0.25) is 8.32 Å². The molecule has 0 spiro atoms. The van der Waals surface area contributed by atoms with Crippen molar-refractivity contribution >= 4 is 20.4 Å². The molecule has 0 radical (unpaired) electrons. The summed E-state index contributed by atoms with van der Waals surface area (Å²) in [4.78, 5) is 25.4. The Hall–Kier alpha value is -2.68. The van der Waals surface area contributed by atoms with Gasteiger partial charge in [0, 0.05) is 0 Å². The highest BCUT2D eigenvalue weighted by Gasteiger charge is 2.45. The van der Waals surface area contributed by atoms with Gasteiger partial charge in [-0.3, -0.25) is 0 Å². The second-order valence-electron chi connectivity index (χ2n) is 9.80. The second kappa shape index (κ2) is 14.8. The molecule has 7 nitrogen and oxygen atoms in total. The van der Waals surface area contributed by atoms with Gasteiger partial charge in [-0.15, -0.1) is 0 Å². The molecule has 0 aliphatic rings. The van der Waals surface area contributed by atoms with Crippen LogP contribution in [0.3, 0.4) is 0 Å². The average Bonchev–Trinajstić information content (AvgIpc) is 2.85. The van der Waals surface area contributed by atoms with Gasteiger partial charge in [-0.25, -0.2) is 9.59 Å². The maximum absolute atomic E-state index is 13.0. The number of nitrogens with one attached hydrogen (secondary N) is 1.